The lowest BCUT2D eigenvalue weighted by molar-refractivity contribution is -0.122. The number of carbonyl (C=O) groups excluding carboxylic acids is 1. The summed E-state index contributed by atoms with van der Waals surface area (Å²) in [5.41, 5.74) is 5.39. The molecule has 1 aromatic rings. The zero-order valence-electron chi connectivity index (χ0n) is 10.3. The molecule has 1 heterocycles. The molecule has 9 heteroatoms. The number of halogens is 2. The van der Waals surface area contributed by atoms with Gasteiger partial charge in [-0.1, -0.05) is 0 Å². The predicted octanol–water partition coefficient (Wildman–Crippen LogP) is 0.727. The molecule has 1 amide bonds. The number of nitrogens with one attached hydrogen (secondary N) is 2. The summed E-state index contributed by atoms with van der Waals surface area (Å²) < 4.78 is 40.2. The molecule has 0 aliphatic carbocycles. The summed E-state index contributed by atoms with van der Waals surface area (Å²) in [7, 11) is -3.87. The highest BCUT2D eigenvalue weighted by Gasteiger charge is 2.26. The van der Waals surface area contributed by atoms with Gasteiger partial charge in [0.25, 0.3) is 0 Å². The van der Waals surface area contributed by atoms with Gasteiger partial charge in [-0.15, -0.1) is 0 Å². The van der Waals surface area contributed by atoms with Crippen molar-refractivity contribution in [3.63, 3.8) is 0 Å². The first-order valence-corrected chi connectivity index (χ1v) is 8.11. The fourth-order valence-electron chi connectivity index (χ4n) is 1.89. The van der Waals surface area contributed by atoms with E-state index in [-0.39, 0.29) is 33.9 Å². The number of hydrogen-bond acceptors (Lipinski definition) is 4. The fourth-order valence-corrected chi connectivity index (χ4v) is 3.80. The standard InChI is InChI=1S/C11H13BrFN3O3S/c12-7-3-10(9(14)4-8(7)13)20(18,19)16-6-1-2-11(17)15-5-6/h3-4,6,16H,1-2,5,14H2,(H,15,17). The summed E-state index contributed by atoms with van der Waals surface area (Å²) in [6, 6.07) is 1.66. The monoisotopic (exact) mass is 365 g/mol. The maximum atomic E-state index is 13.3. The van der Waals surface area contributed by atoms with Crippen LogP contribution in [0.1, 0.15) is 12.8 Å². The minimum Gasteiger partial charge on any atom is -0.398 e. The van der Waals surface area contributed by atoms with Crippen LogP contribution < -0.4 is 15.8 Å². The first-order chi connectivity index (χ1) is 9.29. The van der Waals surface area contributed by atoms with E-state index in [4.69, 9.17) is 5.73 Å². The largest absolute Gasteiger partial charge is 0.398 e. The molecule has 110 valence electrons. The lowest BCUT2D eigenvalue weighted by Crippen LogP contribution is -2.47. The van der Waals surface area contributed by atoms with Gasteiger partial charge in [-0.3, -0.25) is 4.79 Å². The van der Waals surface area contributed by atoms with E-state index in [0.717, 1.165) is 12.1 Å². The average molecular weight is 366 g/mol. The van der Waals surface area contributed by atoms with E-state index in [1.807, 2.05) is 0 Å². The first kappa shape index (κ1) is 15.2. The van der Waals surface area contributed by atoms with Crippen LogP contribution in [0.15, 0.2) is 21.5 Å². The molecule has 20 heavy (non-hydrogen) atoms. The van der Waals surface area contributed by atoms with Crippen molar-refractivity contribution in [3.8, 4) is 0 Å². The molecule has 1 saturated heterocycles. The van der Waals surface area contributed by atoms with Crippen LogP contribution in [0.25, 0.3) is 0 Å². The maximum absolute atomic E-state index is 13.3. The van der Waals surface area contributed by atoms with Gasteiger partial charge in [0.15, 0.2) is 0 Å². The van der Waals surface area contributed by atoms with Gasteiger partial charge in [0.05, 0.1) is 10.2 Å². The molecule has 0 saturated carbocycles. The number of nitrogen functional groups attached to an aromatic ring is 1. The van der Waals surface area contributed by atoms with Crippen LogP contribution in [-0.4, -0.2) is 26.9 Å². The Labute approximate surface area is 124 Å². The van der Waals surface area contributed by atoms with Crippen molar-refractivity contribution in [1.82, 2.24) is 10.0 Å². The highest BCUT2D eigenvalue weighted by molar-refractivity contribution is 9.10. The third kappa shape index (κ3) is 3.28. The van der Waals surface area contributed by atoms with Crippen LogP contribution in [0, 0.1) is 5.82 Å². The van der Waals surface area contributed by atoms with Gasteiger partial charge in [-0.05, 0) is 34.5 Å². The van der Waals surface area contributed by atoms with Gasteiger partial charge in [0, 0.05) is 19.0 Å². The zero-order chi connectivity index (χ0) is 14.9. The van der Waals surface area contributed by atoms with E-state index in [0.29, 0.717) is 6.42 Å². The van der Waals surface area contributed by atoms with E-state index < -0.39 is 21.9 Å². The van der Waals surface area contributed by atoms with Gasteiger partial charge < -0.3 is 11.1 Å². The Morgan fingerprint density at radius 2 is 2.15 bits per heavy atom. The number of anilines is 1. The van der Waals surface area contributed by atoms with E-state index >= 15 is 0 Å². The van der Waals surface area contributed by atoms with Crippen molar-refractivity contribution in [2.45, 2.75) is 23.8 Å². The number of carbonyl (C=O) groups is 1. The van der Waals surface area contributed by atoms with E-state index in [9.17, 15) is 17.6 Å². The second kappa shape index (κ2) is 5.66. The number of piperidine rings is 1. The number of rotatable bonds is 3. The molecule has 0 bridgehead atoms. The molecule has 2 rings (SSSR count). The number of amides is 1. The van der Waals surface area contributed by atoms with Crippen molar-refractivity contribution in [2.24, 2.45) is 0 Å². The fraction of sp³-hybridized carbons (Fsp3) is 0.364. The minimum absolute atomic E-state index is 0.0176. The van der Waals surface area contributed by atoms with Gasteiger partial charge >= 0.3 is 0 Å². The smallest absolute Gasteiger partial charge is 0.242 e. The molecule has 0 aromatic heterocycles. The number of hydrogen-bond donors (Lipinski definition) is 3. The molecule has 1 atom stereocenters. The molecule has 6 nitrogen and oxygen atoms in total. The lowest BCUT2D eigenvalue weighted by Gasteiger charge is -2.23. The van der Waals surface area contributed by atoms with Gasteiger partial charge in [-0.25, -0.2) is 17.5 Å². The minimum atomic E-state index is -3.87. The Kier molecular flexibility index (Phi) is 4.31. The summed E-state index contributed by atoms with van der Waals surface area (Å²) in [4.78, 5) is 10.8. The predicted molar refractivity (Wildman–Crippen MR) is 74.9 cm³/mol. The van der Waals surface area contributed by atoms with Gasteiger partial charge in [-0.2, -0.15) is 0 Å². The molecule has 1 unspecified atom stereocenters. The maximum Gasteiger partial charge on any atom is 0.242 e. The Hall–Kier alpha value is -1.19. The number of benzene rings is 1. The van der Waals surface area contributed by atoms with Crippen LogP contribution in [0.5, 0.6) is 0 Å². The van der Waals surface area contributed by atoms with Crippen LogP contribution >= 0.6 is 15.9 Å². The number of sulfonamides is 1. The molecule has 1 aliphatic heterocycles. The quantitative estimate of drug-likeness (QED) is 0.687. The summed E-state index contributed by atoms with van der Waals surface area (Å²) in [6.07, 6.45) is 0.670. The van der Waals surface area contributed by atoms with Gasteiger partial charge in [0.1, 0.15) is 10.7 Å². The van der Waals surface area contributed by atoms with Crippen molar-refractivity contribution in [1.29, 1.82) is 0 Å². The molecule has 1 fully saturated rings. The third-order valence-electron chi connectivity index (χ3n) is 2.93. The Bertz CT molecular complexity index is 641. The highest BCUT2D eigenvalue weighted by Crippen LogP contribution is 2.26. The van der Waals surface area contributed by atoms with Crippen molar-refractivity contribution < 1.29 is 17.6 Å². The molecule has 0 radical (unpaired) electrons. The molecule has 1 aliphatic rings. The Morgan fingerprint density at radius 3 is 2.75 bits per heavy atom. The summed E-state index contributed by atoms with van der Waals surface area (Å²) >= 11 is 2.93. The Balaban J connectivity index is 2.22. The summed E-state index contributed by atoms with van der Waals surface area (Å²) in [5, 5.41) is 2.57. The Morgan fingerprint density at radius 1 is 1.45 bits per heavy atom. The zero-order valence-corrected chi connectivity index (χ0v) is 12.7. The SMILES string of the molecule is Nc1cc(F)c(Br)cc1S(=O)(=O)NC1CCC(=O)NC1. The van der Waals surface area contributed by atoms with Gasteiger partial charge in [0.2, 0.25) is 15.9 Å². The van der Waals surface area contributed by atoms with Crippen LogP contribution in [0.2, 0.25) is 0 Å². The van der Waals surface area contributed by atoms with Crippen molar-refractivity contribution in [3.05, 3.63) is 22.4 Å². The van der Waals surface area contributed by atoms with Crippen LogP contribution in [0.4, 0.5) is 10.1 Å². The van der Waals surface area contributed by atoms with Crippen LogP contribution in [-0.2, 0) is 14.8 Å². The topological polar surface area (TPSA) is 101 Å². The van der Waals surface area contributed by atoms with Crippen LogP contribution in [0.3, 0.4) is 0 Å². The second-order valence-corrected chi connectivity index (χ2v) is 7.00. The number of nitrogens with two attached hydrogens (primary N) is 1. The first-order valence-electron chi connectivity index (χ1n) is 5.83. The summed E-state index contributed by atoms with van der Waals surface area (Å²) in [5.74, 6) is -0.740. The van der Waals surface area contributed by atoms with E-state index in [1.165, 1.54) is 0 Å². The molecular weight excluding hydrogens is 353 g/mol. The van der Waals surface area contributed by atoms with E-state index in [2.05, 4.69) is 26.0 Å². The normalized spacial score (nSPS) is 19.7. The molecule has 0 spiro atoms. The van der Waals surface area contributed by atoms with E-state index in [1.54, 1.807) is 0 Å². The average Bonchev–Trinajstić information content (AvgIpc) is 2.36. The van der Waals surface area contributed by atoms with Crippen molar-refractivity contribution in [2.75, 3.05) is 12.3 Å². The van der Waals surface area contributed by atoms with Crippen molar-refractivity contribution >= 4 is 37.5 Å². The summed E-state index contributed by atoms with van der Waals surface area (Å²) in [6.45, 7) is 0.223. The molecular formula is C11H13BrFN3O3S. The third-order valence-corrected chi connectivity index (χ3v) is 5.11. The highest BCUT2D eigenvalue weighted by atomic mass is 79.9. The molecule has 4 N–H and O–H groups in total. The second-order valence-electron chi connectivity index (χ2n) is 4.47. The lowest BCUT2D eigenvalue weighted by atomic mass is 10.1. The molecule has 1 aromatic carbocycles.